The molecule has 0 bridgehead atoms. The fraction of sp³-hybridized carbons (Fsp3) is 0.462. The predicted molar refractivity (Wildman–Crippen MR) is 61.7 cm³/mol. The minimum absolute atomic E-state index is 0.0487. The molecule has 2 N–H and O–H groups in total. The number of hydrogen-bond donors (Lipinski definition) is 1. The fourth-order valence-corrected chi connectivity index (χ4v) is 2.65. The zero-order valence-electron chi connectivity index (χ0n) is 9.53. The summed E-state index contributed by atoms with van der Waals surface area (Å²) in [5, 5.41) is 0. The molecule has 1 saturated carbocycles. The molecule has 17 heavy (non-hydrogen) atoms. The lowest BCUT2D eigenvalue weighted by molar-refractivity contribution is -0.130. The van der Waals surface area contributed by atoms with Gasteiger partial charge in [0, 0.05) is 18.6 Å². The Labute approximate surface area is 99.4 Å². The average Bonchev–Trinajstić information content (AvgIpc) is 2.77. The van der Waals surface area contributed by atoms with Gasteiger partial charge in [0.25, 0.3) is 0 Å². The van der Waals surface area contributed by atoms with Gasteiger partial charge in [-0.15, -0.1) is 0 Å². The van der Waals surface area contributed by atoms with Crippen LogP contribution in [0.4, 0.5) is 4.39 Å². The Hall–Kier alpha value is -1.42. The summed E-state index contributed by atoms with van der Waals surface area (Å²) in [6.45, 7) is 1.43. The first-order valence-corrected chi connectivity index (χ1v) is 5.88. The van der Waals surface area contributed by atoms with E-state index in [0.717, 1.165) is 18.5 Å². The molecule has 2 aliphatic rings. The number of halogens is 1. The standard InChI is InChI=1S/C13H15FN2O/c14-11-3-1-2-9(4-11)5-12(17)16-7-10-6-13(10,15)8-16/h1-4,10H,5-8,15H2/t10-,13+/m0/s1. The summed E-state index contributed by atoms with van der Waals surface area (Å²) in [6, 6.07) is 6.20. The SMILES string of the molecule is N[C@@]12C[C@H]1CN(C(=O)Cc1cccc(F)c1)C2. The largest absolute Gasteiger partial charge is 0.340 e. The van der Waals surface area contributed by atoms with E-state index in [1.807, 2.05) is 0 Å². The number of piperidine rings is 1. The Morgan fingerprint density at radius 2 is 2.41 bits per heavy atom. The number of likely N-dealkylation sites (tertiary alicyclic amines) is 1. The lowest BCUT2D eigenvalue weighted by Gasteiger charge is -2.19. The van der Waals surface area contributed by atoms with Gasteiger partial charge in [-0.05, 0) is 30.0 Å². The molecule has 3 rings (SSSR count). The number of carbonyl (C=O) groups excluding carboxylic acids is 1. The third-order valence-electron chi connectivity index (χ3n) is 3.80. The number of carbonyl (C=O) groups is 1. The molecule has 1 aliphatic carbocycles. The highest BCUT2D eigenvalue weighted by Crippen LogP contribution is 2.47. The minimum Gasteiger partial charge on any atom is -0.340 e. The van der Waals surface area contributed by atoms with Gasteiger partial charge in [-0.1, -0.05) is 12.1 Å². The lowest BCUT2D eigenvalue weighted by atomic mass is 10.1. The van der Waals surface area contributed by atoms with Gasteiger partial charge in [0.2, 0.25) is 5.91 Å². The maximum Gasteiger partial charge on any atom is 0.227 e. The first kappa shape index (κ1) is 10.7. The van der Waals surface area contributed by atoms with Gasteiger partial charge < -0.3 is 10.6 Å². The third-order valence-corrected chi connectivity index (χ3v) is 3.80. The van der Waals surface area contributed by atoms with Crippen LogP contribution in [0.15, 0.2) is 24.3 Å². The predicted octanol–water partition coefficient (Wildman–Crippen LogP) is 0.928. The summed E-state index contributed by atoms with van der Waals surface area (Å²) in [5.41, 5.74) is 6.65. The van der Waals surface area contributed by atoms with Crippen molar-refractivity contribution >= 4 is 5.91 Å². The number of amides is 1. The third kappa shape index (κ3) is 1.93. The van der Waals surface area contributed by atoms with Gasteiger partial charge in [0.05, 0.1) is 6.42 Å². The molecule has 4 heteroatoms. The summed E-state index contributed by atoms with van der Waals surface area (Å²) < 4.78 is 13.0. The molecule has 90 valence electrons. The van der Waals surface area contributed by atoms with Gasteiger partial charge in [-0.3, -0.25) is 4.79 Å². The molecular formula is C13H15FN2O. The number of hydrogen-bond acceptors (Lipinski definition) is 2. The summed E-state index contributed by atoms with van der Waals surface area (Å²) in [7, 11) is 0. The van der Waals surface area contributed by atoms with Crippen LogP contribution in [0.1, 0.15) is 12.0 Å². The van der Waals surface area contributed by atoms with Crippen LogP contribution in [-0.4, -0.2) is 29.4 Å². The van der Waals surface area contributed by atoms with Crippen molar-refractivity contribution in [1.29, 1.82) is 0 Å². The molecule has 1 amide bonds. The van der Waals surface area contributed by atoms with E-state index in [-0.39, 0.29) is 23.7 Å². The number of fused-ring (bicyclic) bond motifs is 1. The van der Waals surface area contributed by atoms with Crippen LogP contribution in [0.2, 0.25) is 0 Å². The number of benzene rings is 1. The molecule has 1 aromatic rings. The maximum absolute atomic E-state index is 13.0. The minimum atomic E-state index is -0.296. The van der Waals surface area contributed by atoms with E-state index in [0.29, 0.717) is 12.5 Å². The summed E-state index contributed by atoms with van der Waals surface area (Å²) in [4.78, 5) is 13.8. The Bertz CT molecular complexity index is 476. The molecule has 1 aromatic carbocycles. The second-order valence-electron chi connectivity index (χ2n) is 5.22. The van der Waals surface area contributed by atoms with Crippen LogP contribution in [0.5, 0.6) is 0 Å². The van der Waals surface area contributed by atoms with Crippen molar-refractivity contribution in [3.8, 4) is 0 Å². The normalized spacial score (nSPS) is 30.2. The molecule has 1 heterocycles. The first-order chi connectivity index (χ1) is 8.07. The Balaban J connectivity index is 1.64. The van der Waals surface area contributed by atoms with Crippen molar-refractivity contribution in [1.82, 2.24) is 4.90 Å². The molecule has 0 aromatic heterocycles. The van der Waals surface area contributed by atoms with Crippen molar-refractivity contribution in [3.63, 3.8) is 0 Å². The van der Waals surface area contributed by atoms with Crippen molar-refractivity contribution in [2.24, 2.45) is 11.7 Å². The summed E-state index contributed by atoms with van der Waals surface area (Å²) in [6.07, 6.45) is 1.30. The van der Waals surface area contributed by atoms with Crippen LogP contribution in [0, 0.1) is 11.7 Å². The Morgan fingerprint density at radius 1 is 1.59 bits per heavy atom. The van der Waals surface area contributed by atoms with E-state index in [1.54, 1.807) is 17.0 Å². The van der Waals surface area contributed by atoms with E-state index in [9.17, 15) is 9.18 Å². The van der Waals surface area contributed by atoms with Gasteiger partial charge >= 0.3 is 0 Å². The average molecular weight is 234 g/mol. The molecule has 2 fully saturated rings. The monoisotopic (exact) mass is 234 g/mol. The molecule has 1 aliphatic heterocycles. The first-order valence-electron chi connectivity index (χ1n) is 5.88. The highest BCUT2D eigenvalue weighted by atomic mass is 19.1. The van der Waals surface area contributed by atoms with E-state index in [1.165, 1.54) is 12.1 Å². The number of nitrogens with zero attached hydrogens (tertiary/aromatic N) is 1. The van der Waals surface area contributed by atoms with Gasteiger partial charge in [0.15, 0.2) is 0 Å². The number of rotatable bonds is 2. The Morgan fingerprint density at radius 3 is 3.06 bits per heavy atom. The van der Waals surface area contributed by atoms with Crippen LogP contribution in [0.25, 0.3) is 0 Å². The van der Waals surface area contributed by atoms with E-state index < -0.39 is 0 Å². The van der Waals surface area contributed by atoms with E-state index in [2.05, 4.69) is 0 Å². The van der Waals surface area contributed by atoms with Crippen molar-refractivity contribution in [2.75, 3.05) is 13.1 Å². The smallest absolute Gasteiger partial charge is 0.227 e. The van der Waals surface area contributed by atoms with Crippen molar-refractivity contribution in [3.05, 3.63) is 35.6 Å². The molecule has 3 nitrogen and oxygen atoms in total. The van der Waals surface area contributed by atoms with Crippen LogP contribution < -0.4 is 5.73 Å². The molecule has 0 radical (unpaired) electrons. The molecule has 1 saturated heterocycles. The molecular weight excluding hydrogens is 219 g/mol. The molecule has 0 spiro atoms. The quantitative estimate of drug-likeness (QED) is 0.827. The van der Waals surface area contributed by atoms with Gasteiger partial charge in [-0.25, -0.2) is 4.39 Å². The van der Waals surface area contributed by atoms with Crippen LogP contribution in [0.3, 0.4) is 0 Å². The highest BCUT2D eigenvalue weighted by Gasteiger charge is 2.58. The van der Waals surface area contributed by atoms with Crippen LogP contribution >= 0.6 is 0 Å². The van der Waals surface area contributed by atoms with E-state index in [4.69, 9.17) is 5.73 Å². The highest BCUT2D eigenvalue weighted by molar-refractivity contribution is 5.79. The van der Waals surface area contributed by atoms with Crippen LogP contribution in [-0.2, 0) is 11.2 Å². The van der Waals surface area contributed by atoms with Gasteiger partial charge in [0.1, 0.15) is 5.82 Å². The van der Waals surface area contributed by atoms with E-state index >= 15 is 0 Å². The topological polar surface area (TPSA) is 46.3 Å². The summed E-state index contributed by atoms with van der Waals surface area (Å²) in [5.74, 6) is 0.237. The Kier molecular flexibility index (Phi) is 2.23. The zero-order valence-corrected chi connectivity index (χ0v) is 9.53. The van der Waals surface area contributed by atoms with Crippen molar-refractivity contribution in [2.45, 2.75) is 18.4 Å². The molecule has 0 unspecified atom stereocenters. The number of nitrogens with two attached hydrogens (primary N) is 1. The van der Waals surface area contributed by atoms with Crippen molar-refractivity contribution < 1.29 is 9.18 Å². The van der Waals surface area contributed by atoms with Gasteiger partial charge in [-0.2, -0.15) is 0 Å². The second kappa shape index (κ2) is 3.53. The summed E-state index contributed by atoms with van der Waals surface area (Å²) >= 11 is 0. The lowest BCUT2D eigenvalue weighted by Crippen LogP contribution is -2.37. The second-order valence-corrected chi connectivity index (χ2v) is 5.22. The molecule has 2 atom stereocenters. The zero-order chi connectivity index (χ0) is 12.0. The maximum atomic E-state index is 13.0. The fourth-order valence-electron chi connectivity index (χ4n) is 2.65.